The fourth-order valence-corrected chi connectivity index (χ4v) is 9.36. The van der Waals surface area contributed by atoms with Crippen molar-refractivity contribution in [3.63, 3.8) is 0 Å². The summed E-state index contributed by atoms with van der Waals surface area (Å²) in [6.07, 6.45) is 0. The lowest BCUT2D eigenvalue weighted by molar-refractivity contribution is 0.413. The number of methoxy groups -OCH3 is 2. The van der Waals surface area contributed by atoms with Crippen molar-refractivity contribution in [1.82, 2.24) is 0 Å². The first-order chi connectivity index (χ1) is 28.2. The fourth-order valence-electron chi connectivity index (χ4n) is 5.57. The van der Waals surface area contributed by atoms with Crippen LogP contribution in [0.2, 0.25) is 0 Å². The molecule has 0 radical (unpaired) electrons. The van der Waals surface area contributed by atoms with E-state index in [1.165, 1.54) is 43.5 Å². The van der Waals surface area contributed by atoms with Gasteiger partial charge in [-0.05, 0) is 159 Å². The maximum absolute atomic E-state index is 12.8. The quantitative estimate of drug-likeness (QED) is 0.117. The zero-order valence-electron chi connectivity index (χ0n) is 32.5. The molecule has 0 atom stereocenters. The van der Waals surface area contributed by atoms with Crippen molar-refractivity contribution in [2.75, 3.05) is 14.2 Å². The number of hydrogen-bond donors (Lipinski definition) is 0. The second-order valence-electron chi connectivity index (χ2n) is 13.1. The molecule has 59 heavy (non-hydrogen) atoms. The van der Waals surface area contributed by atoms with Crippen LogP contribution in [0.25, 0.3) is 0 Å². The summed E-state index contributed by atoms with van der Waals surface area (Å²) in [6, 6.07) is 45.3. The summed E-state index contributed by atoms with van der Waals surface area (Å²) in [7, 11) is -7.72. The van der Waals surface area contributed by atoms with Crippen molar-refractivity contribution in [3.05, 3.63) is 181 Å². The van der Waals surface area contributed by atoms with Gasteiger partial charge >= 0.3 is 0 Å². The number of benzene rings is 7. The number of hydrogen-bond acceptors (Lipinski definition) is 10. The van der Waals surface area contributed by atoms with Gasteiger partial charge in [-0.3, -0.25) is 0 Å². The van der Waals surface area contributed by atoms with Gasteiger partial charge in [0.05, 0.1) is 43.6 Å². The number of rotatable bonds is 12. The van der Waals surface area contributed by atoms with Gasteiger partial charge in [0.15, 0.2) is 0 Å². The Hall–Kier alpha value is -6.41. The van der Waals surface area contributed by atoms with Crippen LogP contribution in [0.5, 0.6) is 34.5 Å². The minimum absolute atomic E-state index is 0.129. The van der Waals surface area contributed by atoms with E-state index in [0.717, 1.165) is 16.9 Å². The summed E-state index contributed by atoms with van der Waals surface area (Å²) >= 11 is 0. The number of aryl methyl sites for hydroxylation is 2. The van der Waals surface area contributed by atoms with Gasteiger partial charge in [0, 0.05) is 0 Å². The molecule has 0 aliphatic rings. The smallest absolute Gasteiger partial charge is 0.206 e. The Morgan fingerprint density at radius 2 is 0.441 bits per heavy atom. The Labute approximate surface area is 345 Å². The molecule has 0 heterocycles. The Morgan fingerprint density at radius 1 is 0.271 bits per heavy atom. The van der Waals surface area contributed by atoms with E-state index >= 15 is 0 Å². The van der Waals surface area contributed by atoms with Crippen LogP contribution >= 0.6 is 0 Å². The molecule has 0 aliphatic heterocycles. The molecular weight excluding hydrogens is 809 g/mol. The van der Waals surface area contributed by atoms with Crippen molar-refractivity contribution in [1.29, 1.82) is 0 Å². The Balaban J connectivity index is 0.000000208. The molecular formula is C46H40O10S3. The highest BCUT2D eigenvalue weighted by atomic mass is 32.2. The topological polar surface area (TPSA) is 139 Å². The fraction of sp³-hybridized carbons (Fsp3) is 0.0870. The van der Waals surface area contributed by atoms with Gasteiger partial charge in [0.2, 0.25) is 29.5 Å². The lowest BCUT2D eigenvalue weighted by Gasteiger charge is -2.09. The minimum atomic E-state index is -3.68. The van der Waals surface area contributed by atoms with E-state index in [1.807, 2.05) is 13.8 Å². The van der Waals surface area contributed by atoms with E-state index in [-0.39, 0.29) is 29.4 Å². The molecule has 7 aromatic carbocycles. The lowest BCUT2D eigenvalue weighted by Crippen LogP contribution is -2.02. The van der Waals surface area contributed by atoms with E-state index in [9.17, 15) is 25.3 Å². The van der Waals surface area contributed by atoms with Crippen molar-refractivity contribution < 1.29 is 44.2 Å². The van der Waals surface area contributed by atoms with Crippen LogP contribution < -0.4 is 18.9 Å². The molecule has 13 heteroatoms. The molecule has 0 bridgehead atoms. The standard InChI is InChI=1S/C26H22O6S2.C20H18O4S/c1-19-3-11-23(12-4-19)33(27,28)25-15-7-21(8-16-25)32-22-9-17-26(18-10-22)34(29,30)24-13-5-20(31-2)6-14-24;1-15-3-11-19(12-4-15)25(21,22)20-13-9-18(10-14-20)24-17-7-5-16(23-2)6-8-17/h3-18H,1-2H3;3-14H,1-2H3. The summed E-state index contributed by atoms with van der Waals surface area (Å²) in [4.78, 5) is 1.18. The molecule has 0 aromatic heterocycles. The highest BCUT2D eigenvalue weighted by Crippen LogP contribution is 2.30. The normalized spacial score (nSPS) is 11.5. The Morgan fingerprint density at radius 3 is 0.661 bits per heavy atom. The molecule has 0 unspecified atom stereocenters. The monoisotopic (exact) mass is 848 g/mol. The average molecular weight is 849 g/mol. The van der Waals surface area contributed by atoms with Crippen molar-refractivity contribution in [3.8, 4) is 34.5 Å². The molecule has 0 aliphatic carbocycles. The molecule has 0 amide bonds. The van der Waals surface area contributed by atoms with Crippen LogP contribution in [0, 0.1) is 13.8 Å². The SMILES string of the molecule is COc1ccc(Oc2ccc(S(=O)(=O)c3ccc(C)cc3)cc2)cc1.COc1ccc(S(=O)(=O)c2ccc(Oc3ccc(S(=O)(=O)c4ccc(C)cc4)cc3)cc2)cc1. The molecule has 7 rings (SSSR count). The molecule has 0 saturated carbocycles. The van der Waals surface area contributed by atoms with Crippen LogP contribution in [-0.2, 0) is 29.5 Å². The highest BCUT2D eigenvalue weighted by molar-refractivity contribution is 7.92. The van der Waals surface area contributed by atoms with Crippen molar-refractivity contribution in [2.24, 2.45) is 0 Å². The second kappa shape index (κ2) is 18.0. The van der Waals surface area contributed by atoms with Gasteiger partial charge < -0.3 is 18.9 Å². The van der Waals surface area contributed by atoms with Crippen LogP contribution in [0.4, 0.5) is 0 Å². The van der Waals surface area contributed by atoms with Gasteiger partial charge in [-0.15, -0.1) is 0 Å². The van der Waals surface area contributed by atoms with Gasteiger partial charge in [0.25, 0.3) is 0 Å². The van der Waals surface area contributed by atoms with Crippen LogP contribution in [-0.4, -0.2) is 39.5 Å². The molecule has 302 valence electrons. The third kappa shape index (κ3) is 10.2. The van der Waals surface area contributed by atoms with Crippen LogP contribution in [0.3, 0.4) is 0 Å². The van der Waals surface area contributed by atoms with E-state index in [0.29, 0.717) is 28.7 Å². The average Bonchev–Trinajstić information content (AvgIpc) is 3.25. The molecule has 7 aromatic rings. The second-order valence-corrected chi connectivity index (χ2v) is 19.0. The maximum Gasteiger partial charge on any atom is 0.206 e. The van der Waals surface area contributed by atoms with Crippen molar-refractivity contribution in [2.45, 2.75) is 43.2 Å². The molecule has 10 nitrogen and oxygen atoms in total. The van der Waals surface area contributed by atoms with Crippen molar-refractivity contribution >= 4 is 29.5 Å². The highest BCUT2D eigenvalue weighted by Gasteiger charge is 2.20. The molecule has 0 fully saturated rings. The van der Waals surface area contributed by atoms with E-state index in [4.69, 9.17) is 18.9 Å². The van der Waals surface area contributed by atoms with Crippen LogP contribution in [0.15, 0.2) is 199 Å². The predicted molar refractivity (Wildman–Crippen MR) is 224 cm³/mol. The first-order valence-electron chi connectivity index (χ1n) is 18.0. The van der Waals surface area contributed by atoms with Gasteiger partial charge in [-0.2, -0.15) is 0 Å². The first kappa shape index (κ1) is 42.2. The van der Waals surface area contributed by atoms with E-state index in [2.05, 4.69) is 0 Å². The summed E-state index contributed by atoms with van der Waals surface area (Å²) in [5, 5.41) is 0. The summed E-state index contributed by atoms with van der Waals surface area (Å²) in [6.45, 7) is 3.81. The predicted octanol–water partition coefficient (Wildman–Crippen LogP) is 10.1. The summed E-state index contributed by atoms with van der Waals surface area (Å²) in [5.41, 5.74) is 1.99. The lowest BCUT2D eigenvalue weighted by atomic mass is 10.2. The first-order valence-corrected chi connectivity index (χ1v) is 22.5. The molecule has 0 spiro atoms. The van der Waals surface area contributed by atoms with Gasteiger partial charge in [0.1, 0.15) is 34.5 Å². The summed E-state index contributed by atoms with van der Waals surface area (Å²) in [5.74, 6) is 3.37. The zero-order chi connectivity index (χ0) is 42.2. The number of sulfone groups is 3. The largest absolute Gasteiger partial charge is 0.497 e. The van der Waals surface area contributed by atoms with Crippen LogP contribution in [0.1, 0.15) is 11.1 Å². The number of ether oxygens (including phenoxy) is 4. The van der Waals surface area contributed by atoms with E-state index in [1.54, 1.807) is 141 Å². The third-order valence-corrected chi connectivity index (χ3v) is 14.3. The molecule has 0 N–H and O–H groups in total. The molecule has 0 saturated heterocycles. The third-order valence-electron chi connectivity index (χ3n) is 8.97. The summed E-state index contributed by atoms with van der Waals surface area (Å²) < 4.78 is 98.2. The Bertz CT molecular complexity index is 2820. The minimum Gasteiger partial charge on any atom is -0.497 e. The van der Waals surface area contributed by atoms with E-state index < -0.39 is 29.5 Å². The van der Waals surface area contributed by atoms with Gasteiger partial charge in [-0.1, -0.05) is 35.4 Å². The van der Waals surface area contributed by atoms with Gasteiger partial charge in [-0.25, -0.2) is 25.3 Å². The maximum atomic E-state index is 12.8. The zero-order valence-corrected chi connectivity index (χ0v) is 34.9. The Kier molecular flexibility index (Phi) is 12.9.